The molecule has 0 saturated heterocycles. The van der Waals surface area contributed by atoms with Gasteiger partial charge in [0.05, 0.1) is 0 Å². The summed E-state index contributed by atoms with van der Waals surface area (Å²) < 4.78 is 4.78. The van der Waals surface area contributed by atoms with Crippen LogP contribution >= 0.6 is 0 Å². The van der Waals surface area contributed by atoms with Gasteiger partial charge in [-0.3, -0.25) is 0 Å². The summed E-state index contributed by atoms with van der Waals surface area (Å²) in [6, 6.07) is 9.94. The summed E-state index contributed by atoms with van der Waals surface area (Å²) in [6.07, 6.45) is 2.25. The highest BCUT2D eigenvalue weighted by Crippen LogP contribution is 2.11. The number of hydrogen-bond acceptors (Lipinski definition) is 4. The monoisotopic (exact) mass is 160 g/mol. The molecular formula is C8H6N3O. The third-order valence-electron chi connectivity index (χ3n) is 1.35. The predicted octanol–water partition coefficient (Wildman–Crippen LogP) is 1.61. The van der Waals surface area contributed by atoms with E-state index in [-0.39, 0.29) is 0 Å². The molecule has 0 saturated carbocycles. The third-order valence-corrected chi connectivity index (χ3v) is 1.35. The zero-order valence-corrected chi connectivity index (χ0v) is 6.19. The van der Waals surface area contributed by atoms with E-state index in [0.29, 0.717) is 6.01 Å². The van der Waals surface area contributed by atoms with Crippen molar-refractivity contribution in [3.63, 3.8) is 0 Å². The minimum atomic E-state index is 0.348. The van der Waals surface area contributed by atoms with Crippen molar-refractivity contribution >= 4 is 11.7 Å². The molecule has 0 aliphatic rings. The number of para-hydroxylation sites is 1. The molecule has 0 fully saturated rings. The van der Waals surface area contributed by atoms with Gasteiger partial charge in [-0.05, 0) is 12.1 Å². The predicted molar refractivity (Wildman–Crippen MR) is 42.9 cm³/mol. The molecule has 0 aliphatic carbocycles. The molecule has 0 bridgehead atoms. The summed E-state index contributed by atoms with van der Waals surface area (Å²) in [5.41, 5.74) is 0.912. The Labute approximate surface area is 69.2 Å². The van der Waals surface area contributed by atoms with Crippen molar-refractivity contribution in [1.29, 1.82) is 0 Å². The molecule has 4 heteroatoms. The van der Waals surface area contributed by atoms with E-state index in [1.807, 2.05) is 30.3 Å². The van der Waals surface area contributed by atoms with Crippen LogP contribution in [0.4, 0.5) is 11.7 Å². The summed E-state index contributed by atoms with van der Waals surface area (Å²) >= 11 is 0. The summed E-state index contributed by atoms with van der Waals surface area (Å²) in [5, 5.41) is 9.95. The van der Waals surface area contributed by atoms with E-state index < -0.39 is 0 Å². The van der Waals surface area contributed by atoms with Crippen molar-refractivity contribution in [3.05, 3.63) is 36.7 Å². The number of nitrogens with zero attached hydrogens (tertiary/aromatic N) is 2. The van der Waals surface area contributed by atoms with Gasteiger partial charge in [-0.1, -0.05) is 23.3 Å². The molecule has 1 aromatic heterocycles. The van der Waals surface area contributed by atoms with Crippen LogP contribution in [0.25, 0.3) is 0 Å². The van der Waals surface area contributed by atoms with Gasteiger partial charge in [0.2, 0.25) is 0 Å². The summed E-state index contributed by atoms with van der Waals surface area (Å²) in [4.78, 5) is 0. The standard InChI is InChI=1S/C8H6N3O/c1-2-4-7(5-3-1)10-8-11-9-6-12-8/h1-5H,(H,10,11). The van der Waals surface area contributed by atoms with Crippen molar-refractivity contribution < 1.29 is 4.42 Å². The van der Waals surface area contributed by atoms with E-state index in [1.165, 1.54) is 0 Å². The Balaban J connectivity index is 2.15. The van der Waals surface area contributed by atoms with Crippen LogP contribution in [0.15, 0.2) is 34.7 Å². The van der Waals surface area contributed by atoms with Gasteiger partial charge in [-0.15, -0.1) is 5.10 Å². The second-order valence-electron chi connectivity index (χ2n) is 2.19. The molecular weight excluding hydrogens is 154 g/mol. The molecule has 0 atom stereocenters. The van der Waals surface area contributed by atoms with Crippen LogP contribution in [-0.2, 0) is 0 Å². The Morgan fingerprint density at radius 2 is 2.08 bits per heavy atom. The van der Waals surface area contributed by atoms with E-state index in [9.17, 15) is 0 Å². The van der Waals surface area contributed by atoms with Gasteiger partial charge in [0.15, 0.2) is 0 Å². The normalized spacial score (nSPS) is 9.67. The molecule has 0 amide bonds. The van der Waals surface area contributed by atoms with E-state index in [1.54, 1.807) is 0 Å². The lowest BCUT2D eigenvalue weighted by atomic mass is 10.3. The number of benzene rings is 1. The van der Waals surface area contributed by atoms with Crippen molar-refractivity contribution in [2.24, 2.45) is 0 Å². The third kappa shape index (κ3) is 1.42. The average Bonchev–Trinajstić information content (AvgIpc) is 2.59. The highest BCUT2D eigenvalue weighted by atomic mass is 16.4. The van der Waals surface area contributed by atoms with Gasteiger partial charge in [0.1, 0.15) is 0 Å². The molecule has 4 nitrogen and oxygen atoms in total. The fraction of sp³-hybridized carbons (Fsp3) is 0. The Bertz CT molecular complexity index is 330. The first-order valence-corrected chi connectivity index (χ1v) is 3.47. The van der Waals surface area contributed by atoms with Crippen LogP contribution in [0.3, 0.4) is 0 Å². The Morgan fingerprint density at radius 1 is 1.25 bits per heavy atom. The molecule has 0 spiro atoms. The quantitative estimate of drug-likeness (QED) is 0.725. The van der Waals surface area contributed by atoms with Crippen LogP contribution < -0.4 is 5.32 Å². The molecule has 2 rings (SSSR count). The van der Waals surface area contributed by atoms with Crippen LogP contribution in [0.2, 0.25) is 0 Å². The van der Waals surface area contributed by atoms with Crippen molar-refractivity contribution in [1.82, 2.24) is 10.2 Å². The van der Waals surface area contributed by atoms with Crippen molar-refractivity contribution in [3.8, 4) is 0 Å². The Hall–Kier alpha value is -1.84. The molecule has 1 heterocycles. The first-order chi connectivity index (χ1) is 5.95. The van der Waals surface area contributed by atoms with Gasteiger partial charge in [0.25, 0.3) is 0 Å². The number of hydrogen-bond donors (Lipinski definition) is 1. The zero-order valence-electron chi connectivity index (χ0n) is 6.19. The summed E-state index contributed by atoms with van der Waals surface area (Å²) in [7, 11) is 0. The van der Waals surface area contributed by atoms with Crippen molar-refractivity contribution in [2.45, 2.75) is 0 Å². The van der Waals surface area contributed by atoms with Crippen LogP contribution in [-0.4, -0.2) is 10.2 Å². The van der Waals surface area contributed by atoms with E-state index in [2.05, 4.69) is 21.9 Å². The average molecular weight is 160 g/mol. The maximum Gasteiger partial charge on any atom is 0.320 e. The second-order valence-corrected chi connectivity index (χ2v) is 2.19. The largest absolute Gasteiger partial charge is 0.399 e. The first-order valence-electron chi connectivity index (χ1n) is 3.47. The van der Waals surface area contributed by atoms with Crippen LogP contribution in [0.5, 0.6) is 0 Å². The maximum absolute atomic E-state index is 4.78. The van der Waals surface area contributed by atoms with Gasteiger partial charge in [-0.25, -0.2) is 0 Å². The smallest absolute Gasteiger partial charge is 0.320 e. The molecule has 0 unspecified atom stereocenters. The van der Waals surface area contributed by atoms with E-state index in [4.69, 9.17) is 4.42 Å². The number of anilines is 2. The number of aromatic nitrogens is 2. The lowest BCUT2D eigenvalue weighted by Gasteiger charge is -1.97. The van der Waals surface area contributed by atoms with E-state index in [0.717, 1.165) is 5.69 Å². The maximum atomic E-state index is 4.78. The summed E-state index contributed by atoms with van der Waals surface area (Å²) in [6.45, 7) is 0. The molecule has 1 aromatic carbocycles. The number of rotatable bonds is 2. The van der Waals surface area contributed by atoms with Crippen LogP contribution in [0, 0.1) is 6.39 Å². The fourth-order valence-electron chi connectivity index (χ4n) is 0.845. The Morgan fingerprint density at radius 3 is 2.75 bits per heavy atom. The topological polar surface area (TPSA) is 51.0 Å². The van der Waals surface area contributed by atoms with Gasteiger partial charge >= 0.3 is 12.4 Å². The lowest BCUT2D eigenvalue weighted by Crippen LogP contribution is -1.88. The second kappa shape index (κ2) is 3.04. The van der Waals surface area contributed by atoms with Gasteiger partial charge in [0, 0.05) is 5.69 Å². The highest BCUT2D eigenvalue weighted by molar-refractivity contribution is 5.50. The van der Waals surface area contributed by atoms with Crippen molar-refractivity contribution in [2.75, 3.05) is 5.32 Å². The Kier molecular flexibility index (Phi) is 1.74. The highest BCUT2D eigenvalue weighted by Gasteiger charge is 1.96. The molecule has 1 radical (unpaired) electrons. The lowest BCUT2D eigenvalue weighted by molar-refractivity contribution is 0.562. The minimum absolute atomic E-state index is 0.348. The van der Waals surface area contributed by atoms with Gasteiger partial charge < -0.3 is 9.73 Å². The van der Waals surface area contributed by atoms with E-state index >= 15 is 0 Å². The van der Waals surface area contributed by atoms with Gasteiger partial charge in [-0.2, -0.15) is 0 Å². The SMILES string of the molecule is [c]1nnc(Nc2ccccc2)o1. The molecule has 0 aliphatic heterocycles. The number of nitrogens with one attached hydrogen (secondary N) is 1. The summed E-state index contributed by atoms with van der Waals surface area (Å²) in [5.74, 6) is 0. The fourth-order valence-corrected chi connectivity index (χ4v) is 0.845. The zero-order chi connectivity index (χ0) is 8.23. The molecule has 1 N–H and O–H groups in total. The minimum Gasteiger partial charge on any atom is -0.399 e. The first kappa shape index (κ1) is 6.84. The molecule has 12 heavy (non-hydrogen) atoms. The van der Waals surface area contributed by atoms with Crippen LogP contribution in [0.1, 0.15) is 0 Å². The molecule has 2 aromatic rings. The molecule has 59 valence electrons.